The molecule has 0 aliphatic heterocycles. The highest BCUT2D eigenvalue weighted by molar-refractivity contribution is 4.75. The molecule has 1 aliphatic rings. The lowest BCUT2D eigenvalue weighted by Crippen LogP contribution is -2.35. The van der Waals surface area contributed by atoms with Crippen molar-refractivity contribution < 1.29 is 0 Å². The molecule has 2 heteroatoms. The quantitative estimate of drug-likeness (QED) is 0.705. The van der Waals surface area contributed by atoms with Gasteiger partial charge >= 0.3 is 0 Å². The predicted molar refractivity (Wildman–Crippen MR) is 76.1 cm³/mol. The first kappa shape index (κ1) is 15.0. The molecule has 0 aromatic rings. The average Bonchev–Trinajstić information content (AvgIpc) is 2.37. The Labute approximate surface area is 108 Å². The zero-order valence-electron chi connectivity index (χ0n) is 12.0. The van der Waals surface area contributed by atoms with Crippen LogP contribution in [0.3, 0.4) is 0 Å². The van der Waals surface area contributed by atoms with E-state index in [-0.39, 0.29) is 0 Å². The summed E-state index contributed by atoms with van der Waals surface area (Å²) in [4.78, 5) is 2.52. The molecule has 0 unspecified atom stereocenters. The summed E-state index contributed by atoms with van der Waals surface area (Å²) >= 11 is 0. The van der Waals surface area contributed by atoms with E-state index >= 15 is 0 Å². The summed E-state index contributed by atoms with van der Waals surface area (Å²) in [6.45, 7) is 8.88. The summed E-state index contributed by atoms with van der Waals surface area (Å²) < 4.78 is 0. The van der Waals surface area contributed by atoms with Crippen LogP contribution in [0.1, 0.15) is 58.8 Å². The molecule has 1 saturated carbocycles. The summed E-state index contributed by atoms with van der Waals surface area (Å²) in [7, 11) is 0. The van der Waals surface area contributed by atoms with Crippen LogP contribution in [0.15, 0.2) is 0 Å². The average molecular weight is 240 g/mol. The van der Waals surface area contributed by atoms with E-state index in [0.29, 0.717) is 0 Å². The van der Waals surface area contributed by atoms with Crippen LogP contribution < -0.4 is 5.73 Å². The van der Waals surface area contributed by atoms with Crippen LogP contribution in [0.5, 0.6) is 0 Å². The Balaban J connectivity index is 2.17. The van der Waals surface area contributed by atoms with Gasteiger partial charge in [-0.2, -0.15) is 0 Å². The molecular formula is C15H32N2. The molecule has 0 atom stereocenters. The maximum atomic E-state index is 5.65. The topological polar surface area (TPSA) is 29.3 Å². The fraction of sp³-hybridized carbons (Fsp3) is 1.00. The molecule has 102 valence electrons. The summed E-state index contributed by atoms with van der Waals surface area (Å²) in [5, 5.41) is 0. The second-order valence-corrected chi connectivity index (χ2v) is 5.71. The minimum absolute atomic E-state index is 0.805. The highest BCUT2D eigenvalue weighted by atomic mass is 15.1. The third-order valence-corrected chi connectivity index (χ3v) is 4.34. The molecule has 0 aromatic heterocycles. The molecule has 1 fully saturated rings. The van der Waals surface area contributed by atoms with Gasteiger partial charge in [0.15, 0.2) is 0 Å². The van der Waals surface area contributed by atoms with Crippen LogP contribution in [-0.4, -0.2) is 31.1 Å². The summed E-state index contributed by atoms with van der Waals surface area (Å²) in [5.74, 6) is 1.98. The molecule has 17 heavy (non-hydrogen) atoms. The molecule has 0 heterocycles. The first-order valence-electron chi connectivity index (χ1n) is 7.72. The number of unbranched alkanes of at least 4 members (excludes halogenated alkanes) is 1. The van der Waals surface area contributed by atoms with E-state index < -0.39 is 0 Å². The molecular weight excluding hydrogens is 208 g/mol. The van der Waals surface area contributed by atoms with E-state index in [0.717, 1.165) is 31.5 Å². The smallest absolute Gasteiger partial charge is 0.0105 e. The van der Waals surface area contributed by atoms with E-state index in [9.17, 15) is 0 Å². The van der Waals surface area contributed by atoms with E-state index in [2.05, 4.69) is 18.7 Å². The third-order valence-electron chi connectivity index (χ3n) is 4.34. The zero-order valence-corrected chi connectivity index (χ0v) is 12.0. The molecule has 0 spiro atoms. The lowest BCUT2D eigenvalue weighted by molar-refractivity contribution is 0.184. The number of likely N-dealkylation sites (N-methyl/N-ethyl adjacent to an activating group) is 1. The van der Waals surface area contributed by atoms with Crippen LogP contribution in [0, 0.1) is 11.8 Å². The molecule has 0 amide bonds. The molecule has 1 rings (SSSR count). The number of nitrogens with two attached hydrogens (primary N) is 1. The predicted octanol–water partition coefficient (Wildman–Crippen LogP) is 3.26. The second kappa shape index (κ2) is 8.93. The van der Waals surface area contributed by atoms with Gasteiger partial charge in [-0.3, -0.25) is 0 Å². The Bertz CT molecular complexity index is 174. The summed E-state index contributed by atoms with van der Waals surface area (Å²) in [5.41, 5.74) is 5.65. The molecule has 2 N–H and O–H groups in total. The van der Waals surface area contributed by atoms with E-state index in [1.807, 2.05) is 0 Å². The highest BCUT2D eigenvalue weighted by Crippen LogP contribution is 2.32. The van der Waals surface area contributed by atoms with Crippen molar-refractivity contribution in [3.05, 3.63) is 0 Å². The van der Waals surface area contributed by atoms with Gasteiger partial charge in [-0.05, 0) is 31.2 Å². The summed E-state index contributed by atoms with van der Waals surface area (Å²) in [6.07, 6.45) is 10.1. The number of hydrogen-bond acceptors (Lipinski definition) is 2. The van der Waals surface area contributed by atoms with Gasteiger partial charge in [0.05, 0.1) is 0 Å². The lowest BCUT2D eigenvalue weighted by Gasteiger charge is -2.32. The van der Waals surface area contributed by atoms with Crippen molar-refractivity contribution in [2.45, 2.75) is 58.8 Å². The normalized spacial score (nSPS) is 25.4. The number of rotatable bonds is 8. The van der Waals surface area contributed by atoms with Crippen molar-refractivity contribution in [1.82, 2.24) is 4.90 Å². The van der Waals surface area contributed by atoms with Gasteiger partial charge in [0.1, 0.15) is 0 Å². The van der Waals surface area contributed by atoms with Crippen molar-refractivity contribution in [2.75, 3.05) is 26.2 Å². The van der Waals surface area contributed by atoms with Gasteiger partial charge in [0.25, 0.3) is 0 Å². The lowest BCUT2D eigenvalue weighted by atomic mass is 9.79. The van der Waals surface area contributed by atoms with Gasteiger partial charge in [0.2, 0.25) is 0 Å². The molecule has 0 radical (unpaired) electrons. The Kier molecular flexibility index (Phi) is 7.87. The van der Waals surface area contributed by atoms with Crippen molar-refractivity contribution in [3.63, 3.8) is 0 Å². The highest BCUT2D eigenvalue weighted by Gasteiger charge is 2.21. The number of hydrogen-bond donors (Lipinski definition) is 1. The minimum atomic E-state index is 0.805. The Morgan fingerprint density at radius 3 is 2.24 bits per heavy atom. The maximum Gasteiger partial charge on any atom is 0.0105 e. The van der Waals surface area contributed by atoms with Crippen LogP contribution in [-0.2, 0) is 0 Å². The van der Waals surface area contributed by atoms with E-state index in [1.54, 1.807) is 0 Å². The van der Waals surface area contributed by atoms with Crippen LogP contribution in [0.25, 0.3) is 0 Å². The zero-order chi connectivity index (χ0) is 12.5. The summed E-state index contributed by atoms with van der Waals surface area (Å²) in [6, 6.07) is 0. The Morgan fingerprint density at radius 2 is 1.71 bits per heavy atom. The Hall–Kier alpha value is -0.0800. The maximum absolute atomic E-state index is 5.65. The SMILES string of the molecule is CCCCC1CCC(CN(CC)CCN)CC1. The molecule has 0 bridgehead atoms. The number of nitrogens with zero attached hydrogens (tertiary/aromatic N) is 1. The fourth-order valence-corrected chi connectivity index (χ4v) is 3.12. The van der Waals surface area contributed by atoms with Crippen molar-refractivity contribution in [2.24, 2.45) is 17.6 Å². The molecule has 0 saturated heterocycles. The molecule has 2 nitrogen and oxygen atoms in total. The van der Waals surface area contributed by atoms with Gasteiger partial charge in [-0.25, -0.2) is 0 Å². The fourth-order valence-electron chi connectivity index (χ4n) is 3.12. The molecule has 0 aromatic carbocycles. The van der Waals surface area contributed by atoms with Crippen molar-refractivity contribution in [1.29, 1.82) is 0 Å². The van der Waals surface area contributed by atoms with E-state index in [1.165, 1.54) is 51.5 Å². The van der Waals surface area contributed by atoms with Crippen molar-refractivity contribution in [3.8, 4) is 0 Å². The van der Waals surface area contributed by atoms with Crippen LogP contribution in [0.4, 0.5) is 0 Å². The Morgan fingerprint density at radius 1 is 1.06 bits per heavy atom. The molecule has 1 aliphatic carbocycles. The largest absolute Gasteiger partial charge is 0.329 e. The van der Waals surface area contributed by atoms with Gasteiger partial charge < -0.3 is 10.6 Å². The van der Waals surface area contributed by atoms with Gasteiger partial charge in [-0.1, -0.05) is 46.0 Å². The third kappa shape index (κ3) is 5.87. The minimum Gasteiger partial charge on any atom is -0.329 e. The van der Waals surface area contributed by atoms with Gasteiger partial charge in [-0.15, -0.1) is 0 Å². The second-order valence-electron chi connectivity index (χ2n) is 5.71. The van der Waals surface area contributed by atoms with Crippen molar-refractivity contribution >= 4 is 0 Å². The van der Waals surface area contributed by atoms with Crippen LogP contribution >= 0.6 is 0 Å². The van der Waals surface area contributed by atoms with Crippen LogP contribution in [0.2, 0.25) is 0 Å². The van der Waals surface area contributed by atoms with Gasteiger partial charge in [0, 0.05) is 19.6 Å². The first-order valence-corrected chi connectivity index (χ1v) is 7.72. The standard InChI is InChI=1S/C15H32N2/c1-3-5-6-14-7-9-15(10-8-14)13-17(4-2)12-11-16/h14-15H,3-13,16H2,1-2H3. The monoisotopic (exact) mass is 240 g/mol. The first-order chi connectivity index (χ1) is 8.30. The van der Waals surface area contributed by atoms with E-state index in [4.69, 9.17) is 5.73 Å².